The van der Waals surface area contributed by atoms with Crippen LogP contribution in [0.15, 0.2) is 60.0 Å². The van der Waals surface area contributed by atoms with Crippen LogP contribution in [0.25, 0.3) is 22.3 Å². The number of hydrogen-bond acceptors (Lipinski definition) is 6. The number of aromatic nitrogens is 5. The van der Waals surface area contributed by atoms with Crippen LogP contribution in [0, 0.1) is 0 Å². The average Bonchev–Trinajstić information content (AvgIpc) is 3.57. The zero-order valence-corrected chi connectivity index (χ0v) is 18.5. The molecule has 0 spiro atoms. The Hall–Kier alpha value is -4.02. The molecular formula is C22H16ClN7O2S. The molecule has 2 amide bonds. The highest BCUT2D eigenvalue weighted by Gasteiger charge is 2.17. The number of tetrazole rings is 1. The maximum absolute atomic E-state index is 13.0. The van der Waals surface area contributed by atoms with E-state index in [-0.39, 0.29) is 18.2 Å². The monoisotopic (exact) mass is 477 g/mol. The SMILES string of the molecule is O=C(Cc1cccs1)Nc1cccc2cc(C(=O)Nc3ccc(Cl)cc3-c3nn[nH]n3)[nH]c12. The number of halogens is 1. The average molecular weight is 478 g/mol. The second kappa shape index (κ2) is 8.85. The van der Waals surface area contributed by atoms with Crippen LogP contribution in [-0.2, 0) is 11.2 Å². The van der Waals surface area contributed by atoms with Crippen molar-refractivity contribution < 1.29 is 9.59 Å². The maximum atomic E-state index is 13.0. The fourth-order valence-electron chi connectivity index (χ4n) is 3.42. The van der Waals surface area contributed by atoms with Crippen molar-refractivity contribution in [3.05, 3.63) is 75.6 Å². The minimum absolute atomic E-state index is 0.128. The van der Waals surface area contributed by atoms with Crippen LogP contribution in [0.5, 0.6) is 0 Å². The lowest BCUT2D eigenvalue weighted by atomic mass is 10.1. The smallest absolute Gasteiger partial charge is 0.272 e. The molecule has 33 heavy (non-hydrogen) atoms. The van der Waals surface area contributed by atoms with E-state index in [0.29, 0.717) is 39.0 Å². The van der Waals surface area contributed by atoms with Gasteiger partial charge in [0.05, 0.1) is 23.3 Å². The summed E-state index contributed by atoms with van der Waals surface area (Å²) in [7, 11) is 0. The van der Waals surface area contributed by atoms with Crippen LogP contribution in [0.3, 0.4) is 0 Å². The molecule has 0 bridgehead atoms. The molecule has 0 atom stereocenters. The van der Waals surface area contributed by atoms with Crippen molar-refractivity contribution in [1.29, 1.82) is 0 Å². The molecule has 3 heterocycles. The number of H-pyrrole nitrogens is 2. The van der Waals surface area contributed by atoms with Gasteiger partial charge in [0.2, 0.25) is 11.7 Å². The highest BCUT2D eigenvalue weighted by Crippen LogP contribution is 2.29. The molecule has 5 aromatic rings. The number of nitrogens with one attached hydrogen (secondary N) is 4. The van der Waals surface area contributed by atoms with Crippen molar-refractivity contribution in [2.75, 3.05) is 10.6 Å². The molecule has 164 valence electrons. The van der Waals surface area contributed by atoms with E-state index in [1.807, 2.05) is 29.6 Å². The zero-order valence-electron chi connectivity index (χ0n) is 16.9. The van der Waals surface area contributed by atoms with Gasteiger partial charge in [0.1, 0.15) is 5.69 Å². The van der Waals surface area contributed by atoms with E-state index in [0.717, 1.165) is 10.3 Å². The molecule has 2 aromatic carbocycles. The highest BCUT2D eigenvalue weighted by molar-refractivity contribution is 7.10. The molecule has 0 aliphatic heterocycles. The third kappa shape index (κ3) is 4.47. The minimum atomic E-state index is -0.367. The van der Waals surface area contributed by atoms with Gasteiger partial charge < -0.3 is 15.6 Å². The van der Waals surface area contributed by atoms with Gasteiger partial charge in [-0.15, -0.1) is 21.5 Å². The van der Waals surface area contributed by atoms with E-state index < -0.39 is 0 Å². The third-order valence-corrected chi connectivity index (χ3v) is 6.02. The lowest BCUT2D eigenvalue weighted by Crippen LogP contribution is -2.14. The molecule has 5 rings (SSSR count). The number of carbonyl (C=O) groups excluding carboxylic acids is 2. The van der Waals surface area contributed by atoms with Gasteiger partial charge >= 0.3 is 0 Å². The third-order valence-electron chi connectivity index (χ3n) is 4.91. The van der Waals surface area contributed by atoms with E-state index in [2.05, 4.69) is 36.2 Å². The molecule has 0 radical (unpaired) electrons. The van der Waals surface area contributed by atoms with Gasteiger partial charge in [-0.05, 0) is 47.0 Å². The van der Waals surface area contributed by atoms with Crippen LogP contribution in [0.2, 0.25) is 5.02 Å². The van der Waals surface area contributed by atoms with Crippen LogP contribution < -0.4 is 10.6 Å². The first-order valence-corrected chi connectivity index (χ1v) is 11.1. The number of nitrogens with zero attached hydrogens (tertiary/aromatic N) is 3. The Morgan fingerprint density at radius 3 is 2.73 bits per heavy atom. The number of amides is 2. The number of aromatic amines is 2. The number of carbonyl (C=O) groups is 2. The molecule has 4 N–H and O–H groups in total. The Morgan fingerprint density at radius 1 is 1.03 bits per heavy atom. The summed E-state index contributed by atoms with van der Waals surface area (Å²) >= 11 is 7.64. The highest BCUT2D eigenvalue weighted by atomic mass is 35.5. The van der Waals surface area contributed by atoms with Gasteiger partial charge in [-0.25, -0.2) is 0 Å². The predicted octanol–water partition coefficient (Wildman–Crippen LogP) is 4.50. The van der Waals surface area contributed by atoms with Crippen molar-refractivity contribution in [1.82, 2.24) is 25.6 Å². The first-order valence-electron chi connectivity index (χ1n) is 9.85. The molecule has 0 saturated carbocycles. The van der Waals surface area contributed by atoms with Crippen LogP contribution in [0.4, 0.5) is 11.4 Å². The number of fused-ring (bicyclic) bond motifs is 1. The molecule has 0 aliphatic rings. The summed E-state index contributed by atoms with van der Waals surface area (Å²) < 4.78 is 0. The Balaban J connectivity index is 1.39. The van der Waals surface area contributed by atoms with Crippen molar-refractivity contribution in [2.45, 2.75) is 6.42 Å². The predicted molar refractivity (Wildman–Crippen MR) is 128 cm³/mol. The van der Waals surface area contributed by atoms with Crippen molar-refractivity contribution in [3.8, 4) is 11.4 Å². The van der Waals surface area contributed by atoms with Crippen LogP contribution >= 0.6 is 22.9 Å². The zero-order chi connectivity index (χ0) is 22.8. The van der Waals surface area contributed by atoms with E-state index in [9.17, 15) is 9.59 Å². The standard InChI is InChI=1S/C22H16ClN7O2S/c23-13-6-7-16(15(10-13)21-27-29-30-28-21)26-22(32)18-9-12-3-1-5-17(20(12)25-18)24-19(31)11-14-4-2-8-33-14/h1-10,25H,11H2,(H,24,31)(H,26,32)(H,27,28,29,30). The van der Waals surface area contributed by atoms with Crippen molar-refractivity contribution >= 4 is 57.0 Å². The Morgan fingerprint density at radius 2 is 1.94 bits per heavy atom. The maximum Gasteiger partial charge on any atom is 0.272 e. The van der Waals surface area contributed by atoms with E-state index in [1.54, 1.807) is 30.3 Å². The lowest BCUT2D eigenvalue weighted by molar-refractivity contribution is -0.115. The molecule has 0 fully saturated rings. The second-order valence-corrected chi connectivity index (χ2v) is 8.61. The summed E-state index contributed by atoms with van der Waals surface area (Å²) in [6.45, 7) is 0. The second-order valence-electron chi connectivity index (χ2n) is 7.14. The molecule has 11 heteroatoms. The van der Waals surface area contributed by atoms with Gasteiger partial charge in [0.15, 0.2) is 0 Å². The Labute approximate surface area is 196 Å². The quantitative estimate of drug-likeness (QED) is 0.286. The topological polar surface area (TPSA) is 128 Å². The number of rotatable bonds is 6. The summed E-state index contributed by atoms with van der Waals surface area (Å²) in [6.07, 6.45) is 0.289. The molecular weight excluding hydrogens is 462 g/mol. The molecule has 0 saturated heterocycles. The largest absolute Gasteiger partial charge is 0.349 e. The van der Waals surface area contributed by atoms with Crippen molar-refractivity contribution in [2.24, 2.45) is 0 Å². The van der Waals surface area contributed by atoms with E-state index in [4.69, 9.17) is 11.6 Å². The number of thiophene rings is 1. The number of anilines is 2. The molecule has 0 aliphatic carbocycles. The fraction of sp³-hybridized carbons (Fsp3) is 0.0455. The Bertz CT molecular complexity index is 1450. The summed E-state index contributed by atoms with van der Waals surface area (Å²) in [5.74, 6) is -0.189. The van der Waals surface area contributed by atoms with Crippen LogP contribution in [-0.4, -0.2) is 37.4 Å². The molecule has 9 nitrogen and oxygen atoms in total. The summed E-state index contributed by atoms with van der Waals surface area (Å²) in [5, 5.41) is 22.9. The summed E-state index contributed by atoms with van der Waals surface area (Å²) in [6, 6.07) is 16.0. The van der Waals surface area contributed by atoms with Gasteiger partial charge in [0, 0.05) is 20.8 Å². The van der Waals surface area contributed by atoms with E-state index in [1.165, 1.54) is 11.3 Å². The Kier molecular flexibility index (Phi) is 5.59. The van der Waals surface area contributed by atoms with Gasteiger partial charge in [0.25, 0.3) is 5.91 Å². The number of para-hydroxylation sites is 1. The molecule has 0 unspecified atom stereocenters. The lowest BCUT2D eigenvalue weighted by Gasteiger charge is -2.08. The minimum Gasteiger partial charge on any atom is -0.349 e. The number of hydrogen-bond donors (Lipinski definition) is 4. The summed E-state index contributed by atoms with van der Waals surface area (Å²) in [4.78, 5) is 29.6. The normalized spacial score (nSPS) is 10.9. The van der Waals surface area contributed by atoms with Gasteiger partial charge in [-0.2, -0.15) is 5.21 Å². The van der Waals surface area contributed by atoms with Gasteiger partial charge in [-0.3, -0.25) is 9.59 Å². The first-order chi connectivity index (χ1) is 16.1. The van der Waals surface area contributed by atoms with Crippen LogP contribution in [0.1, 0.15) is 15.4 Å². The summed E-state index contributed by atoms with van der Waals surface area (Å²) in [5.41, 5.74) is 2.61. The van der Waals surface area contributed by atoms with E-state index >= 15 is 0 Å². The van der Waals surface area contributed by atoms with Gasteiger partial charge in [-0.1, -0.05) is 29.8 Å². The fourth-order valence-corrected chi connectivity index (χ4v) is 4.30. The first kappa shape index (κ1) is 20.9. The molecule has 3 aromatic heterocycles. The van der Waals surface area contributed by atoms with Crippen molar-refractivity contribution in [3.63, 3.8) is 0 Å². The number of benzene rings is 2.